The summed E-state index contributed by atoms with van der Waals surface area (Å²) in [6, 6.07) is 48.3. The predicted octanol–water partition coefficient (Wildman–Crippen LogP) is 11.8. The largest absolute Gasteiger partial charge is 0.475 e. The minimum absolute atomic E-state index is 0.0677. The molecule has 0 saturated carbocycles. The van der Waals surface area contributed by atoms with Crippen LogP contribution in [0.15, 0.2) is 158 Å². The zero-order valence-corrected chi connectivity index (χ0v) is 35.8. The maximum Gasteiger partial charge on any atom is 0.377 e. The van der Waals surface area contributed by atoms with Crippen molar-refractivity contribution in [2.75, 3.05) is 0 Å². The molecular formula is C54H50N2O6. The molecule has 2 aromatic heterocycles. The summed E-state index contributed by atoms with van der Waals surface area (Å²) in [6.45, 7) is 14.2. The molecule has 6 aromatic carbocycles. The van der Waals surface area contributed by atoms with Crippen LogP contribution in [-0.2, 0) is 33.5 Å². The molecule has 2 N–H and O–H groups in total. The second kappa shape index (κ2) is 17.3. The second-order valence-corrected chi connectivity index (χ2v) is 17.7. The third-order valence-corrected chi connectivity index (χ3v) is 11.2. The summed E-state index contributed by atoms with van der Waals surface area (Å²) >= 11 is 0. The van der Waals surface area contributed by atoms with E-state index in [1.807, 2.05) is 106 Å². The molecule has 0 unspecified atom stereocenters. The van der Waals surface area contributed by atoms with Crippen molar-refractivity contribution in [3.8, 4) is 22.3 Å². The molecule has 0 fully saturated rings. The first-order chi connectivity index (χ1) is 29.5. The van der Waals surface area contributed by atoms with Crippen LogP contribution in [0, 0.1) is 0 Å². The second-order valence-electron chi connectivity index (χ2n) is 17.7. The van der Waals surface area contributed by atoms with E-state index in [0.29, 0.717) is 23.9 Å². The Morgan fingerprint density at radius 3 is 1.06 bits per heavy atom. The van der Waals surface area contributed by atoms with Gasteiger partial charge in [-0.3, -0.25) is 9.59 Å². The number of aromatic nitrogens is 2. The number of hydrogen-bond donors (Lipinski definition) is 2. The lowest BCUT2D eigenvalue weighted by Crippen LogP contribution is -2.12. The van der Waals surface area contributed by atoms with Crippen molar-refractivity contribution in [1.82, 2.24) is 9.13 Å². The van der Waals surface area contributed by atoms with Gasteiger partial charge in [0.15, 0.2) is 0 Å². The first kappa shape index (κ1) is 42.8. The van der Waals surface area contributed by atoms with Gasteiger partial charge in [-0.2, -0.15) is 0 Å². The lowest BCUT2D eigenvalue weighted by atomic mass is 9.86. The number of carboxylic acids is 2. The highest BCUT2D eigenvalue weighted by Gasteiger charge is 2.23. The van der Waals surface area contributed by atoms with E-state index in [0.717, 1.165) is 44.4 Å². The SMILES string of the molecule is CC(C)(C)c1ccc(-c2ccc3c(c2)c(C(=O)C(=O)O)cn3Cc2ccccc2)cc1.CC(C)(C)c1ccc(-c2ccc3c(c2)c(C(=O)C(=O)O)cn3Cc2ccccc2)cc1. The zero-order valence-electron chi connectivity index (χ0n) is 35.8. The molecule has 0 aliphatic rings. The fraction of sp³-hybridized carbons (Fsp3) is 0.185. The van der Waals surface area contributed by atoms with E-state index in [-0.39, 0.29) is 22.0 Å². The first-order valence-corrected chi connectivity index (χ1v) is 20.6. The maximum atomic E-state index is 12.4. The highest BCUT2D eigenvalue weighted by Crippen LogP contribution is 2.33. The van der Waals surface area contributed by atoms with E-state index < -0.39 is 23.5 Å². The minimum atomic E-state index is -1.45. The van der Waals surface area contributed by atoms with Gasteiger partial charge < -0.3 is 19.3 Å². The number of Topliss-reactive ketones (excluding diaryl/α,β-unsaturated/α-hetero) is 2. The van der Waals surface area contributed by atoms with Crippen LogP contribution in [0.2, 0.25) is 0 Å². The summed E-state index contributed by atoms with van der Waals surface area (Å²) in [6.07, 6.45) is 3.31. The standard InChI is InChI=1S/2C27H25NO3/c2*1-27(2,3)21-12-9-19(10-13-21)20-11-14-24-22(15-20)23(25(29)26(30)31)17-28(24)16-18-7-5-4-6-8-18/h2*4-15,17H,16H2,1-3H3,(H,30,31). The summed E-state index contributed by atoms with van der Waals surface area (Å²) in [7, 11) is 0. The number of carbonyl (C=O) groups excluding carboxylic acids is 2. The van der Waals surface area contributed by atoms with E-state index in [1.165, 1.54) is 11.1 Å². The molecule has 8 nitrogen and oxygen atoms in total. The Morgan fingerprint density at radius 1 is 0.435 bits per heavy atom. The number of ketones is 2. The van der Waals surface area contributed by atoms with Gasteiger partial charge in [0.25, 0.3) is 11.6 Å². The normalized spacial score (nSPS) is 11.6. The van der Waals surface area contributed by atoms with Crippen molar-refractivity contribution < 1.29 is 29.4 Å². The molecule has 8 aromatic rings. The quantitative estimate of drug-likeness (QED) is 0.105. The number of rotatable bonds is 10. The molecule has 2 heterocycles. The molecule has 8 rings (SSSR count). The number of carboxylic acid groups (broad SMARTS) is 2. The maximum absolute atomic E-state index is 12.4. The number of hydrogen-bond acceptors (Lipinski definition) is 4. The molecule has 0 radical (unpaired) electrons. The van der Waals surface area contributed by atoms with Crippen LogP contribution in [-0.4, -0.2) is 42.9 Å². The fourth-order valence-corrected chi connectivity index (χ4v) is 7.69. The topological polar surface area (TPSA) is 119 Å². The fourth-order valence-electron chi connectivity index (χ4n) is 7.69. The first-order valence-electron chi connectivity index (χ1n) is 20.6. The van der Waals surface area contributed by atoms with Crippen LogP contribution in [0.25, 0.3) is 44.1 Å². The molecule has 0 aliphatic heterocycles. The van der Waals surface area contributed by atoms with Crippen molar-refractivity contribution in [1.29, 1.82) is 0 Å². The number of carbonyl (C=O) groups is 4. The van der Waals surface area contributed by atoms with Crippen LogP contribution >= 0.6 is 0 Å². The number of fused-ring (bicyclic) bond motifs is 2. The van der Waals surface area contributed by atoms with Crippen molar-refractivity contribution in [3.63, 3.8) is 0 Å². The smallest absolute Gasteiger partial charge is 0.377 e. The Balaban J connectivity index is 0.000000186. The predicted molar refractivity (Wildman–Crippen MR) is 247 cm³/mol. The Bertz CT molecular complexity index is 2720. The molecule has 0 amide bonds. The number of nitrogens with zero attached hydrogens (tertiary/aromatic N) is 2. The molecule has 0 bridgehead atoms. The zero-order chi connectivity index (χ0) is 44.3. The summed E-state index contributed by atoms with van der Waals surface area (Å²) in [5.74, 6) is -4.67. The van der Waals surface area contributed by atoms with E-state index in [4.69, 9.17) is 0 Å². The van der Waals surface area contributed by atoms with Crippen LogP contribution in [0.4, 0.5) is 0 Å². The van der Waals surface area contributed by atoms with Crippen LogP contribution in [0.5, 0.6) is 0 Å². The average Bonchev–Trinajstić information content (AvgIpc) is 3.80. The van der Waals surface area contributed by atoms with Gasteiger partial charge in [-0.05, 0) is 79.6 Å². The van der Waals surface area contributed by atoms with E-state index in [2.05, 4.69) is 90.1 Å². The van der Waals surface area contributed by atoms with Crippen LogP contribution in [0.1, 0.15) is 84.5 Å². The van der Waals surface area contributed by atoms with Crippen LogP contribution < -0.4 is 0 Å². The van der Waals surface area contributed by atoms with Gasteiger partial charge in [0.2, 0.25) is 0 Å². The Kier molecular flexibility index (Phi) is 12.0. The monoisotopic (exact) mass is 822 g/mol. The molecule has 0 spiro atoms. The minimum Gasteiger partial charge on any atom is -0.475 e. The molecule has 0 saturated heterocycles. The van der Waals surface area contributed by atoms with Gasteiger partial charge in [0, 0.05) is 47.3 Å². The van der Waals surface area contributed by atoms with Gasteiger partial charge in [0.1, 0.15) is 0 Å². The van der Waals surface area contributed by atoms with Gasteiger partial charge >= 0.3 is 11.9 Å². The molecule has 0 atom stereocenters. The average molecular weight is 823 g/mol. The van der Waals surface area contributed by atoms with Crippen molar-refractivity contribution in [2.45, 2.75) is 65.5 Å². The van der Waals surface area contributed by atoms with Crippen molar-refractivity contribution >= 4 is 45.3 Å². The Labute approximate surface area is 361 Å². The van der Waals surface area contributed by atoms with E-state index >= 15 is 0 Å². The van der Waals surface area contributed by atoms with Crippen molar-refractivity contribution in [3.05, 3.63) is 191 Å². The Morgan fingerprint density at radius 2 is 0.758 bits per heavy atom. The summed E-state index contributed by atoms with van der Waals surface area (Å²) < 4.78 is 3.88. The van der Waals surface area contributed by atoms with Gasteiger partial charge in [0.05, 0.1) is 11.1 Å². The van der Waals surface area contributed by atoms with Crippen LogP contribution in [0.3, 0.4) is 0 Å². The molecular weight excluding hydrogens is 773 g/mol. The van der Waals surface area contributed by atoms with Gasteiger partial charge in [-0.25, -0.2) is 9.59 Å². The van der Waals surface area contributed by atoms with E-state index in [1.54, 1.807) is 12.4 Å². The molecule has 8 heteroatoms. The molecule has 0 aliphatic carbocycles. The number of aliphatic carboxylic acids is 2. The highest BCUT2D eigenvalue weighted by atomic mass is 16.4. The lowest BCUT2D eigenvalue weighted by molar-refractivity contribution is -0.132. The highest BCUT2D eigenvalue weighted by molar-refractivity contribution is 6.43. The Hall–Kier alpha value is -7.32. The van der Waals surface area contributed by atoms with Crippen molar-refractivity contribution in [2.24, 2.45) is 0 Å². The summed E-state index contributed by atoms with van der Waals surface area (Å²) in [5, 5.41) is 20.0. The number of benzene rings is 6. The van der Waals surface area contributed by atoms with E-state index in [9.17, 15) is 29.4 Å². The lowest BCUT2D eigenvalue weighted by Gasteiger charge is -2.19. The van der Waals surface area contributed by atoms with Gasteiger partial charge in [-0.1, -0.05) is 163 Å². The molecule has 312 valence electrons. The molecule has 62 heavy (non-hydrogen) atoms. The van der Waals surface area contributed by atoms with Gasteiger partial charge in [-0.15, -0.1) is 0 Å². The third kappa shape index (κ3) is 9.35. The summed E-state index contributed by atoms with van der Waals surface area (Å²) in [5.41, 5.74) is 10.8. The third-order valence-electron chi connectivity index (χ3n) is 11.2. The summed E-state index contributed by atoms with van der Waals surface area (Å²) in [4.78, 5) is 47.7.